The minimum Gasteiger partial charge on any atom is -0.508 e. The average Bonchev–Trinajstić information content (AvgIpc) is 3.13. The van der Waals surface area contributed by atoms with E-state index in [-0.39, 0.29) is 29.6 Å². The van der Waals surface area contributed by atoms with Crippen molar-refractivity contribution >= 4 is 0 Å². The average molecular weight is 270 g/mol. The van der Waals surface area contributed by atoms with Gasteiger partial charge in [0.15, 0.2) is 0 Å². The number of phenolic OH excluding ortho intramolecular Hbond substituents is 1. The summed E-state index contributed by atoms with van der Waals surface area (Å²) in [5.41, 5.74) is 0.141. The van der Waals surface area contributed by atoms with Crippen molar-refractivity contribution in [3.05, 3.63) is 28.8 Å². The first-order chi connectivity index (χ1) is 8.70. The lowest BCUT2D eigenvalue weighted by Crippen LogP contribution is -2.29. The molecule has 0 aromatic heterocycles. The Hall–Kier alpha value is -1.19. The number of aromatic hydroxyl groups is 1. The van der Waals surface area contributed by atoms with Gasteiger partial charge in [-0.2, -0.15) is 13.2 Å². The molecule has 0 amide bonds. The van der Waals surface area contributed by atoms with Crippen LogP contribution >= 0.6 is 0 Å². The van der Waals surface area contributed by atoms with Gasteiger partial charge in [0.25, 0.3) is 0 Å². The summed E-state index contributed by atoms with van der Waals surface area (Å²) >= 11 is 0. The first-order valence-electron chi connectivity index (χ1n) is 6.61. The highest BCUT2D eigenvalue weighted by Crippen LogP contribution is 2.62. The van der Waals surface area contributed by atoms with Crippen molar-refractivity contribution in [2.45, 2.75) is 56.5 Å². The van der Waals surface area contributed by atoms with Crippen molar-refractivity contribution in [1.82, 2.24) is 0 Å². The lowest BCUT2D eigenvalue weighted by atomic mass is 9.86. The topological polar surface area (TPSA) is 20.2 Å². The Balaban J connectivity index is 2.13. The summed E-state index contributed by atoms with van der Waals surface area (Å²) in [6.07, 6.45) is -2.08. The molecular formula is C15H17F3O. The quantitative estimate of drug-likeness (QED) is 0.847. The maximum absolute atomic E-state index is 13.2. The summed E-state index contributed by atoms with van der Waals surface area (Å²) in [4.78, 5) is 0. The van der Waals surface area contributed by atoms with Crippen LogP contribution in [0, 0.1) is 6.92 Å². The summed E-state index contributed by atoms with van der Waals surface area (Å²) in [5.74, 6) is -0.208. The molecule has 0 heterocycles. The lowest BCUT2D eigenvalue weighted by molar-refractivity contribution is -0.161. The zero-order valence-corrected chi connectivity index (χ0v) is 11.1. The van der Waals surface area contributed by atoms with Crippen LogP contribution in [-0.2, 0) is 10.8 Å². The predicted octanol–water partition coefficient (Wildman–Crippen LogP) is 4.35. The molecule has 0 atom stereocenters. The predicted molar refractivity (Wildman–Crippen MR) is 66.4 cm³/mol. The maximum atomic E-state index is 13.2. The van der Waals surface area contributed by atoms with Crippen LogP contribution in [0.2, 0.25) is 0 Å². The van der Waals surface area contributed by atoms with E-state index in [1.807, 2.05) is 6.92 Å². The Bertz CT molecular complexity index is 537. The number of alkyl halides is 3. The molecule has 104 valence electrons. The minimum atomic E-state index is -4.28. The molecular weight excluding hydrogens is 253 g/mol. The first kappa shape index (κ1) is 12.8. The molecule has 19 heavy (non-hydrogen) atoms. The van der Waals surface area contributed by atoms with Gasteiger partial charge in [-0.3, -0.25) is 0 Å². The molecule has 2 aliphatic rings. The second-order valence-corrected chi connectivity index (χ2v) is 6.32. The van der Waals surface area contributed by atoms with Gasteiger partial charge in [0.2, 0.25) is 0 Å². The number of aryl methyl sites for hydroxylation is 1. The molecule has 1 aromatic carbocycles. The van der Waals surface area contributed by atoms with Crippen molar-refractivity contribution < 1.29 is 18.3 Å². The Labute approximate surface area is 110 Å². The van der Waals surface area contributed by atoms with E-state index in [0.717, 1.165) is 24.0 Å². The Morgan fingerprint density at radius 2 is 1.63 bits per heavy atom. The van der Waals surface area contributed by atoms with Gasteiger partial charge in [0.1, 0.15) is 5.75 Å². The monoisotopic (exact) mass is 270 g/mol. The molecule has 1 aromatic rings. The van der Waals surface area contributed by atoms with Crippen LogP contribution in [-0.4, -0.2) is 11.3 Å². The Kier molecular flexibility index (Phi) is 2.34. The van der Waals surface area contributed by atoms with Gasteiger partial charge < -0.3 is 5.11 Å². The van der Waals surface area contributed by atoms with Crippen molar-refractivity contribution in [2.75, 3.05) is 0 Å². The second-order valence-electron chi connectivity index (χ2n) is 6.32. The van der Waals surface area contributed by atoms with Crippen LogP contribution in [0.15, 0.2) is 12.1 Å². The molecule has 2 saturated carbocycles. The lowest BCUT2D eigenvalue weighted by Gasteiger charge is -2.23. The van der Waals surface area contributed by atoms with Gasteiger partial charge in [-0.15, -0.1) is 0 Å². The third-order valence-electron chi connectivity index (χ3n) is 4.80. The van der Waals surface area contributed by atoms with Gasteiger partial charge in [-0.25, -0.2) is 0 Å². The smallest absolute Gasteiger partial charge is 0.398 e. The summed E-state index contributed by atoms with van der Waals surface area (Å²) in [7, 11) is 0. The fourth-order valence-corrected chi connectivity index (χ4v) is 3.01. The van der Waals surface area contributed by atoms with Gasteiger partial charge in [0.05, 0.1) is 5.41 Å². The fourth-order valence-electron chi connectivity index (χ4n) is 3.01. The summed E-state index contributed by atoms with van der Waals surface area (Å²) < 4.78 is 39.6. The van der Waals surface area contributed by atoms with E-state index >= 15 is 0 Å². The van der Waals surface area contributed by atoms with E-state index in [2.05, 4.69) is 6.92 Å². The third kappa shape index (κ3) is 1.76. The molecule has 0 saturated heterocycles. The van der Waals surface area contributed by atoms with Gasteiger partial charge >= 0.3 is 6.18 Å². The number of rotatable bonds is 2. The Morgan fingerprint density at radius 1 is 1.05 bits per heavy atom. The van der Waals surface area contributed by atoms with Crippen LogP contribution in [0.4, 0.5) is 13.2 Å². The highest BCUT2D eigenvalue weighted by molar-refractivity contribution is 5.52. The molecule has 0 unspecified atom stereocenters. The first-order valence-corrected chi connectivity index (χ1v) is 6.61. The molecule has 0 spiro atoms. The summed E-state index contributed by atoms with van der Waals surface area (Å²) in [6, 6.07) is 3.11. The van der Waals surface area contributed by atoms with E-state index in [9.17, 15) is 18.3 Å². The number of halogens is 3. The van der Waals surface area contributed by atoms with E-state index in [1.54, 1.807) is 6.07 Å². The van der Waals surface area contributed by atoms with Crippen LogP contribution in [0.3, 0.4) is 0 Å². The molecule has 4 heteroatoms. The number of phenols is 1. The van der Waals surface area contributed by atoms with Crippen molar-refractivity contribution in [3.63, 3.8) is 0 Å². The van der Waals surface area contributed by atoms with E-state index in [0.29, 0.717) is 0 Å². The normalized spacial score (nSPS) is 23.2. The SMILES string of the molecule is Cc1cc(O)c(C2(C(F)(F)F)CC2)cc1C1(C)CC1. The van der Waals surface area contributed by atoms with Gasteiger partial charge in [-0.1, -0.05) is 13.0 Å². The molecule has 2 fully saturated rings. The summed E-state index contributed by atoms with van der Waals surface area (Å²) in [5, 5.41) is 9.94. The van der Waals surface area contributed by atoms with Crippen LogP contribution in [0.1, 0.15) is 49.3 Å². The standard InChI is InChI=1S/C15H17F3O/c1-9-7-12(19)11(8-10(9)13(2)3-4-13)14(5-6-14)15(16,17)18/h7-8,19H,3-6H2,1-2H3. The van der Waals surface area contributed by atoms with Crippen molar-refractivity contribution in [2.24, 2.45) is 0 Å². The van der Waals surface area contributed by atoms with Crippen molar-refractivity contribution in [3.8, 4) is 5.75 Å². The van der Waals surface area contributed by atoms with Crippen molar-refractivity contribution in [1.29, 1.82) is 0 Å². The molecule has 0 radical (unpaired) electrons. The molecule has 1 nitrogen and oxygen atoms in total. The number of hydrogen-bond donors (Lipinski definition) is 1. The fraction of sp³-hybridized carbons (Fsp3) is 0.600. The minimum absolute atomic E-state index is 0.00815. The molecule has 3 rings (SSSR count). The van der Waals surface area contributed by atoms with E-state index in [4.69, 9.17) is 0 Å². The molecule has 2 aliphatic carbocycles. The maximum Gasteiger partial charge on any atom is 0.398 e. The molecule has 0 aliphatic heterocycles. The molecule has 1 N–H and O–H groups in total. The number of benzene rings is 1. The highest BCUT2D eigenvalue weighted by atomic mass is 19.4. The molecule has 0 bridgehead atoms. The Morgan fingerprint density at radius 3 is 2.05 bits per heavy atom. The second kappa shape index (κ2) is 3.47. The number of hydrogen-bond acceptors (Lipinski definition) is 1. The summed E-state index contributed by atoms with van der Waals surface area (Å²) in [6.45, 7) is 3.93. The zero-order valence-electron chi connectivity index (χ0n) is 11.1. The van der Waals surface area contributed by atoms with Gasteiger partial charge in [-0.05, 0) is 55.2 Å². The highest BCUT2D eigenvalue weighted by Gasteiger charge is 2.65. The van der Waals surface area contributed by atoms with E-state index in [1.165, 1.54) is 6.07 Å². The largest absolute Gasteiger partial charge is 0.508 e. The van der Waals surface area contributed by atoms with Crippen LogP contribution < -0.4 is 0 Å². The van der Waals surface area contributed by atoms with Crippen LogP contribution in [0.25, 0.3) is 0 Å². The van der Waals surface area contributed by atoms with E-state index < -0.39 is 11.6 Å². The third-order valence-corrected chi connectivity index (χ3v) is 4.80. The van der Waals surface area contributed by atoms with Crippen LogP contribution in [0.5, 0.6) is 5.75 Å². The van der Waals surface area contributed by atoms with Gasteiger partial charge in [0, 0.05) is 5.56 Å². The zero-order chi connectivity index (χ0) is 14.1.